The van der Waals surface area contributed by atoms with Crippen LogP contribution in [0.3, 0.4) is 0 Å². The van der Waals surface area contributed by atoms with E-state index in [-0.39, 0.29) is 5.97 Å². The van der Waals surface area contributed by atoms with E-state index in [9.17, 15) is 4.79 Å². The molecule has 0 N–H and O–H groups in total. The molecule has 0 bridgehead atoms. The topological polar surface area (TPSA) is 44.8 Å². The van der Waals surface area contributed by atoms with Crippen molar-refractivity contribution in [1.82, 2.24) is 0 Å². The third-order valence-corrected chi connectivity index (χ3v) is 11.7. The van der Waals surface area contributed by atoms with Crippen molar-refractivity contribution >= 4 is 5.97 Å². The fraction of sp³-hybridized carbons (Fsp3) is 0.865. The fourth-order valence-electron chi connectivity index (χ4n) is 7.92. The molecule has 1 aromatic carbocycles. The molecule has 0 aliphatic rings. The minimum Gasteiger partial charge on any atom is -0.407 e. The number of benzene rings is 1. The normalized spacial score (nSPS) is 11.6. The summed E-state index contributed by atoms with van der Waals surface area (Å²) < 4.78 is 17.5. The summed E-state index contributed by atoms with van der Waals surface area (Å²) in [5.74, 6) is -0.386. The van der Waals surface area contributed by atoms with E-state index in [0.29, 0.717) is 18.8 Å². The van der Waals surface area contributed by atoms with Gasteiger partial charge in [-0.05, 0) is 25.0 Å². The first-order chi connectivity index (χ1) is 27.8. The number of carbonyl (C=O) groups is 1. The second kappa shape index (κ2) is 44.7. The highest BCUT2D eigenvalue weighted by Gasteiger charge is 2.17. The van der Waals surface area contributed by atoms with E-state index in [2.05, 4.69) is 13.8 Å². The Bertz CT molecular complexity index is 842. The molecule has 0 amide bonds. The highest BCUT2D eigenvalue weighted by atomic mass is 16.9. The molecule has 0 unspecified atom stereocenters. The van der Waals surface area contributed by atoms with Crippen LogP contribution in [0.4, 0.5) is 0 Å². The average Bonchev–Trinajstić information content (AvgIpc) is 3.22. The SMILES string of the molecule is CCCCCCCCCCCCCCCCCCCCCCOC(OCCCCCCCCCCCCCCCCCCCCCC)OC(=O)c1ccccc1. The maximum Gasteiger partial charge on any atom is 0.342 e. The highest BCUT2D eigenvalue weighted by molar-refractivity contribution is 5.89. The first kappa shape index (κ1) is 52.6. The van der Waals surface area contributed by atoms with Gasteiger partial charge in [0.1, 0.15) is 0 Å². The van der Waals surface area contributed by atoms with Crippen LogP contribution in [-0.2, 0) is 14.2 Å². The predicted octanol–water partition coefficient (Wildman–Crippen LogP) is 17.8. The lowest BCUT2D eigenvalue weighted by Crippen LogP contribution is -2.25. The van der Waals surface area contributed by atoms with Gasteiger partial charge in [0.25, 0.3) is 0 Å². The van der Waals surface area contributed by atoms with Gasteiger partial charge in [-0.1, -0.05) is 276 Å². The summed E-state index contributed by atoms with van der Waals surface area (Å²) in [6.45, 7) is 4.79. The van der Waals surface area contributed by atoms with E-state index in [0.717, 1.165) is 25.7 Å². The van der Waals surface area contributed by atoms with Crippen molar-refractivity contribution in [3.63, 3.8) is 0 Å². The minimum atomic E-state index is -0.927. The van der Waals surface area contributed by atoms with Crippen LogP contribution in [0.1, 0.15) is 281 Å². The molecular weight excluding hydrogens is 689 g/mol. The van der Waals surface area contributed by atoms with E-state index in [1.165, 1.54) is 231 Å². The van der Waals surface area contributed by atoms with Crippen molar-refractivity contribution in [2.75, 3.05) is 13.2 Å². The second-order valence-electron chi connectivity index (χ2n) is 17.2. The van der Waals surface area contributed by atoms with E-state index >= 15 is 0 Å². The van der Waals surface area contributed by atoms with E-state index in [1.54, 1.807) is 12.1 Å². The highest BCUT2D eigenvalue weighted by Crippen LogP contribution is 2.17. The first-order valence-electron chi connectivity index (χ1n) is 25.3. The Morgan fingerprint density at radius 1 is 0.357 bits per heavy atom. The van der Waals surface area contributed by atoms with Gasteiger partial charge in [0, 0.05) is 0 Å². The van der Waals surface area contributed by atoms with Gasteiger partial charge in [-0.2, -0.15) is 0 Å². The van der Waals surface area contributed by atoms with Crippen molar-refractivity contribution < 1.29 is 19.0 Å². The monoisotopic (exact) mass is 785 g/mol. The lowest BCUT2D eigenvalue weighted by molar-refractivity contribution is -0.261. The van der Waals surface area contributed by atoms with Crippen molar-refractivity contribution in [3.05, 3.63) is 35.9 Å². The molecule has 0 spiro atoms. The fourth-order valence-corrected chi connectivity index (χ4v) is 7.92. The van der Waals surface area contributed by atoms with Crippen LogP contribution in [0.2, 0.25) is 0 Å². The smallest absolute Gasteiger partial charge is 0.342 e. The summed E-state index contributed by atoms with van der Waals surface area (Å²) in [5.41, 5.74) is 0.530. The number of hydrogen-bond acceptors (Lipinski definition) is 4. The van der Waals surface area contributed by atoms with Gasteiger partial charge in [0.2, 0.25) is 0 Å². The lowest BCUT2D eigenvalue weighted by Gasteiger charge is -2.19. The molecule has 0 atom stereocenters. The number of carbonyl (C=O) groups excluding carboxylic acids is 1. The Labute approximate surface area is 350 Å². The Morgan fingerprint density at radius 2 is 0.589 bits per heavy atom. The van der Waals surface area contributed by atoms with Crippen LogP contribution in [0.15, 0.2) is 30.3 Å². The molecule has 0 saturated heterocycles. The molecule has 0 heterocycles. The van der Waals surface area contributed by atoms with Crippen molar-refractivity contribution in [2.45, 2.75) is 277 Å². The molecule has 4 heteroatoms. The lowest BCUT2D eigenvalue weighted by atomic mass is 10.0. The quantitative estimate of drug-likeness (QED) is 0.0375. The standard InChI is InChI=1S/C52H96O4/c1-3-5-7-9-11-13-15-17-19-21-23-25-27-29-31-33-35-37-39-44-48-54-52(56-51(53)50-46-42-41-43-47-50)55-49-45-40-38-36-34-32-30-28-26-24-22-20-18-16-14-12-10-8-6-4-2/h41-43,46-47,52H,3-40,44-45,48-49H2,1-2H3. The average molecular weight is 785 g/mol. The Morgan fingerprint density at radius 3 is 0.839 bits per heavy atom. The Hall–Kier alpha value is -1.39. The van der Waals surface area contributed by atoms with Gasteiger partial charge in [-0.25, -0.2) is 4.79 Å². The molecule has 0 aliphatic carbocycles. The van der Waals surface area contributed by atoms with Gasteiger partial charge >= 0.3 is 12.4 Å². The van der Waals surface area contributed by atoms with E-state index in [1.807, 2.05) is 18.2 Å². The Kier molecular flexibility index (Phi) is 42.0. The van der Waals surface area contributed by atoms with Crippen molar-refractivity contribution in [2.24, 2.45) is 0 Å². The molecule has 0 aliphatic heterocycles. The predicted molar refractivity (Wildman–Crippen MR) is 244 cm³/mol. The van der Waals surface area contributed by atoms with Gasteiger partial charge in [-0.3, -0.25) is 0 Å². The zero-order chi connectivity index (χ0) is 40.1. The summed E-state index contributed by atoms with van der Waals surface area (Å²) in [7, 11) is 0. The van der Waals surface area contributed by atoms with Gasteiger partial charge in [0.15, 0.2) is 0 Å². The summed E-state index contributed by atoms with van der Waals surface area (Å²) in [6, 6.07) is 9.16. The summed E-state index contributed by atoms with van der Waals surface area (Å²) >= 11 is 0. The second-order valence-corrected chi connectivity index (χ2v) is 17.2. The molecule has 4 nitrogen and oxygen atoms in total. The molecule has 0 fully saturated rings. The Balaban J connectivity index is 1.98. The largest absolute Gasteiger partial charge is 0.407 e. The molecule has 0 saturated carbocycles. The van der Waals surface area contributed by atoms with Gasteiger partial charge in [0.05, 0.1) is 18.8 Å². The van der Waals surface area contributed by atoms with Crippen LogP contribution in [-0.4, -0.2) is 25.7 Å². The van der Waals surface area contributed by atoms with Crippen molar-refractivity contribution in [1.29, 1.82) is 0 Å². The van der Waals surface area contributed by atoms with E-state index < -0.39 is 6.48 Å². The molecular formula is C52H96O4. The molecule has 1 rings (SSSR count). The maximum atomic E-state index is 12.7. The number of rotatable bonds is 46. The van der Waals surface area contributed by atoms with Gasteiger partial charge in [-0.15, -0.1) is 0 Å². The van der Waals surface area contributed by atoms with Crippen LogP contribution in [0.25, 0.3) is 0 Å². The van der Waals surface area contributed by atoms with Crippen LogP contribution in [0, 0.1) is 0 Å². The minimum absolute atomic E-state index is 0.386. The van der Waals surface area contributed by atoms with Crippen LogP contribution >= 0.6 is 0 Å². The number of unbranched alkanes of at least 4 members (excludes halogenated alkanes) is 38. The van der Waals surface area contributed by atoms with Crippen LogP contribution in [0.5, 0.6) is 0 Å². The molecule has 56 heavy (non-hydrogen) atoms. The zero-order valence-electron chi connectivity index (χ0n) is 37.8. The molecule has 0 radical (unpaired) electrons. The summed E-state index contributed by atoms with van der Waals surface area (Å²) in [5, 5.41) is 0. The number of ether oxygens (including phenoxy) is 3. The number of esters is 1. The number of hydrogen-bond donors (Lipinski definition) is 0. The third-order valence-electron chi connectivity index (χ3n) is 11.7. The van der Waals surface area contributed by atoms with Crippen LogP contribution < -0.4 is 0 Å². The molecule has 328 valence electrons. The maximum absolute atomic E-state index is 12.7. The van der Waals surface area contributed by atoms with E-state index in [4.69, 9.17) is 14.2 Å². The third kappa shape index (κ3) is 38.1. The molecule has 1 aromatic rings. The van der Waals surface area contributed by atoms with Crippen molar-refractivity contribution in [3.8, 4) is 0 Å². The summed E-state index contributed by atoms with van der Waals surface area (Å²) in [6.07, 6.45) is 54.8. The van der Waals surface area contributed by atoms with Gasteiger partial charge < -0.3 is 14.2 Å². The first-order valence-corrected chi connectivity index (χ1v) is 25.3. The zero-order valence-corrected chi connectivity index (χ0v) is 37.8. The molecule has 0 aromatic heterocycles. The summed E-state index contributed by atoms with van der Waals surface area (Å²) in [4.78, 5) is 12.7.